The highest BCUT2D eigenvalue weighted by Gasteiger charge is 2.26. The van der Waals surface area contributed by atoms with Crippen LogP contribution in [-0.4, -0.2) is 21.2 Å². The number of nitrogens with zero attached hydrogens (tertiary/aromatic N) is 4. The average molecular weight is 729 g/mol. The Balaban J connectivity index is 1.09. The molecule has 276 valence electrons. The fourth-order valence-electron chi connectivity index (χ4n) is 9.57. The largest absolute Gasteiger partial charge is 0.261 e. The van der Waals surface area contributed by atoms with Crippen LogP contribution in [-0.2, 0) is 6.42 Å². The normalized spacial score (nSPS) is 22.8. The highest BCUT2D eigenvalue weighted by molar-refractivity contribution is 5.84. The molecule has 0 radical (unpaired) electrons. The molecule has 0 spiro atoms. The van der Waals surface area contributed by atoms with Gasteiger partial charge in [-0.3, -0.25) is 9.98 Å². The maximum atomic E-state index is 5.48. The van der Waals surface area contributed by atoms with E-state index in [9.17, 15) is 0 Å². The number of pyridine rings is 1. The lowest BCUT2D eigenvalue weighted by atomic mass is 9.76. The second-order valence-corrected chi connectivity index (χ2v) is 16.0. The van der Waals surface area contributed by atoms with Crippen LogP contribution in [0, 0.1) is 0 Å². The van der Waals surface area contributed by atoms with E-state index >= 15 is 0 Å². The molecule has 1 aliphatic heterocycles. The van der Waals surface area contributed by atoms with Crippen LogP contribution in [0.2, 0.25) is 0 Å². The Morgan fingerprint density at radius 3 is 2.34 bits per heavy atom. The molecular formula is C52H48N4. The molecule has 3 heterocycles. The van der Waals surface area contributed by atoms with Gasteiger partial charge in [-0.15, -0.1) is 0 Å². The van der Waals surface area contributed by atoms with Crippen molar-refractivity contribution in [3.05, 3.63) is 195 Å². The van der Waals surface area contributed by atoms with E-state index in [1.54, 1.807) is 0 Å². The second-order valence-electron chi connectivity index (χ2n) is 16.0. The number of allylic oxidation sites excluding steroid dienone is 14. The number of aromatic nitrogens is 3. The van der Waals surface area contributed by atoms with Crippen molar-refractivity contribution >= 4 is 17.4 Å². The molecule has 4 aromatic rings. The Morgan fingerprint density at radius 2 is 1.50 bits per heavy atom. The van der Waals surface area contributed by atoms with Crippen molar-refractivity contribution in [3.63, 3.8) is 0 Å². The predicted octanol–water partition coefficient (Wildman–Crippen LogP) is 12.7. The van der Waals surface area contributed by atoms with Gasteiger partial charge in [0.1, 0.15) is 0 Å². The summed E-state index contributed by atoms with van der Waals surface area (Å²) in [7, 11) is 0. The first-order valence-electron chi connectivity index (χ1n) is 20.9. The Bertz CT molecular complexity index is 2460. The Labute approximate surface area is 331 Å². The summed E-state index contributed by atoms with van der Waals surface area (Å²) in [6, 6.07) is 24.9. The first-order chi connectivity index (χ1) is 27.7. The molecule has 2 aromatic heterocycles. The molecule has 0 bridgehead atoms. The summed E-state index contributed by atoms with van der Waals surface area (Å²) in [5.41, 5.74) is 17.8. The van der Waals surface area contributed by atoms with E-state index in [0.29, 0.717) is 5.92 Å². The maximum absolute atomic E-state index is 5.48. The fraction of sp³-hybridized carbons (Fsp3) is 0.269. The molecule has 2 aromatic carbocycles. The van der Waals surface area contributed by atoms with E-state index < -0.39 is 0 Å². The van der Waals surface area contributed by atoms with Crippen LogP contribution in [0.15, 0.2) is 161 Å². The van der Waals surface area contributed by atoms with Crippen molar-refractivity contribution < 1.29 is 0 Å². The molecule has 3 atom stereocenters. The van der Waals surface area contributed by atoms with E-state index in [1.807, 2.05) is 18.5 Å². The monoisotopic (exact) mass is 728 g/mol. The average Bonchev–Trinajstić information content (AvgIpc) is 3.29. The van der Waals surface area contributed by atoms with Crippen molar-refractivity contribution in [2.24, 2.45) is 4.99 Å². The van der Waals surface area contributed by atoms with Gasteiger partial charge in [-0.1, -0.05) is 97.2 Å². The van der Waals surface area contributed by atoms with Gasteiger partial charge in [-0.2, -0.15) is 0 Å². The Kier molecular flexibility index (Phi) is 9.56. The zero-order valence-electron chi connectivity index (χ0n) is 32.1. The van der Waals surface area contributed by atoms with Crippen molar-refractivity contribution in [1.82, 2.24) is 15.0 Å². The Hall–Kier alpha value is -5.74. The summed E-state index contributed by atoms with van der Waals surface area (Å²) in [5, 5.41) is 0. The van der Waals surface area contributed by atoms with Gasteiger partial charge < -0.3 is 0 Å². The zero-order valence-corrected chi connectivity index (χ0v) is 32.1. The minimum absolute atomic E-state index is 0.150. The SMILES string of the molecule is C1=CC2=C(CC1)C(c1cc(-c3nc(C4=CCC(c5ccccn5)C=C4)cc(C4C=CC(C5=CCCC=N5)=CC4)n3)cc(C3CCCc4ccccc43)c1)=CCC2. The number of fused-ring (bicyclic) bond motifs is 1. The van der Waals surface area contributed by atoms with Gasteiger partial charge in [0.05, 0.1) is 17.1 Å². The van der Waals surface area contributed by atoms with Gasteiger partial charge in [0.15, 0.2) is 5.82 Å². The highest BCUT2D eigenvalue weighted by Crippen LogP contribution is 2.43. The van der Waals surface area contributed by atoms with Crippen LogP contribution < -0.4 is 0 Å². The van der Waals surface area contributed by atoms with Gasteiger partial charge in [-0.25, -0.2) is 9.97 Å². The summed E-state index contributed by atoms with van der Waals surface area (Å²) in [6.07, 6.45) is 39.0. The molecule has 10 rings (SSSR count). The lowest BCUT2D eigenvalue weighted by molar-refractivity contribution is 0.616. The lowest BCUT2D eigenvalue weighted by Gasteiger charge is -2.28. The minimum Gasteiger partial charge on any atom is -0.261 e. The number of aliphatic imine (C=N–C) groups is 1. The summed E-state index contributed by atoms with van der Waals surface area (Å²) < 4.78 is 0. The third kappa shape index (κ3) is 6.98. The number of hydrogen-bond donors (Lipinski definition) is 0. The molecule has 4 heteroatoms. The fourth-order valence-corrected chi connectivity index (χ4v) is 9.57. The molecule has 0 fully saturated rings. The molecule has 0 amide bonds. The quantitative estimate of drug-likeness (QED) is 0.190. The predicted molar refractivity (Wildman–Crippen MR) is 230 cm³/mol. The van der Waals surface area contributed by atoms with Crippen LogP contribution in [0.1, 0.15) is 121 Å². The summed E-state index contributed by atoms with van der Waals surface area (Å²) in [6.45, 7) is 0. The third-order valence-corrected chi connectivity index (χ3v) is 12.5. The summed E-state index contributed by atoms with van der Waals surface area (Å²) in [5.74, 6) is 1.57. The zero-order chi connectivity index (χ0) is 37.3. The number of hydrogen-bond acceptors (Lipinski definition) is 4. The third-order valence-electron chi connectivity index (χ3n) is 12.5. The van der Waals surface area contributed by atoms with Crippen LogP contribution in [0.3, 0.4) is 0 Å². The maximum Gasteiger partial charge on any atom is 0.160 e. The molecule has 0 saturated carbocycles. The van der Waals surface area contributed by atoms with E-state index in [0.717, 1.165) is 104 Å². The van der Waals surface area contributed by atoms with Crippen molar-refractivity contribution in [3.8, 4) is 11.4 Å². The van der Waals surface area contributed by atoms with Gasteiger partial charge in [-0.05, 0) is 151 Å². The number of rotatable bonds is 7. The van der Waals surface area contributed by atoms with Gasteiger partial charge in [0.2, 0.25) is 0 Å². The van der Waals surface area contributed by atoms with Gasteiger partial charge in [0, 0.05) is 41.4 Å². The van der Waals surface area contributed by atoms with Crippen LogP contribution in [0.4, 0.5) is 0 Å². The second kappa shape index (κ2) is 15.4. The Morgan fingerprint density at radius 1 is 0.643 bits per heavy atom. The molecule has 56 heavy (non-hydrogen) atoms. The van der Waals surface area contributed by atoms with Crippen molar-refractivity contribution in [2.75, 3.05) is 0 Å². The van der Waals surface area contributed by atoms with Gasteiger partial charge in [0.25, 0.3) is 0 Å². The number of aryl methyl sites for hydroxylation is 1. The minimum atomic E-state index is 0.150. The van der Waals surface area contributed by atoms with Crippen molar-refractivity contribution in [2.45, 2.75) is 88.4 Å². The topological polar surface area (TPSA) is 51.0 Å². The van der Waals surface area contributed by atoms with E-state index in [4.69, 9.17) is 15.0 Å². The van der Waals surface area contributed by atoms with Gasteiger partial charge >= 0.3 is 0 Å². The number of benzene rings is 2. The molecule has 3 unspecified atom stereocenters. The molecule has 6 aliphatic rings. The summed E-state index contributed by atoms with van der Waals surface area (Å²) >= 11 is 0. The first-order valence-corrected chi connectivity index (χ1v) is 20.9. The highest BCUT2D eigenvalue weighted by atomic mass is 14.9. The van der Waals surface area contributed by atoms with Crippen molar-refractivity contribution in [1.29, 1.82) is 0 Å². The molecule has 5 aliphatic carbocycles. The van der Waals surface area contributed by atoms with Crippen LogP contribution in [0.25, 0.3) is 22.5 Å². The lowest BCUT2D eigenvalue weighted by Crippen LogP contribution is -2.12. The first kappa shape index (κ1) is 34.7. The standard InChI is InChI=1S/C52H48N4/c1-3-15-44-35(11-1)13-9-17-46(44)41-31-42(47-18-10-14-36-12-2-4-16-45(36)47)33-43(32-41)52-55-50(39-25-21-37(22-26-39)48-19-5-7-29-53-48)34-51(56-52)40-27-23-38(24-28-40)49-20-6-8-30-54-49/h1-3,5,7,11-12,15,18-21,23-27,29-34,37,40,46H,4,6,8-10,13-14,16-17,22,28H2. The van der Waals surface area contributed by atoms with E-state index in [1.165, 1.54) is 51.0 Å². The van der Waals surface area contributed by atoms with Crippen LogP contribution in [0.5, 0.6) is 0 Å². The van der Waals surface area contributed by atoms with Crippen LogP contribution >= 0.6 is 0 Å². The molecule has 4 nitrogen and oxygen atoms in total. The molecule has 0 saturated heterocycles. The smallest absolute Gasteiger partial charge is 0.160 e. The summed E-state index contributed by atoms with van der Waals surface area (Å²) in [4.78, 5) is 20.3. The van der Waals surface area contributed by atoms with E-state index in [-0.39, 0.29) is 11.8 Å². The molecular weight excluding hydrogens is 681 g/mol. The molecule has 0 N–H and O–H groups in total. The van der Waals surface area contributed by atoms with E-state index in [2.05, 4.69) is 126 Å².